The third-order valence-corrected chi connectivity index (χ3v) is 8.23. The lowest BCUT2D eigenvalue weighted by Gasteiger charge is -2.18. The highest BCUT2D eigenvalue weighted by molar-refractivity contribution is 7.99. The fourth-order valence-electron chi connectivity index (χ4n) is 4.00. The van der Waals surface area contributed by atoms with Gasteiger partial charge in [-0.05, 0) is 42.9 Å². The van der Waals surface area contributed by atoms with Crippen LogP contribution in [0.5, 0.6) is 5.75 Å². The minimum absolute atomic E-state index is 0.0974. The Labute approximate surface area is 223 Å². The molecule has 1 aliphatic rings. The van der Waals surface area contributed by atoms with Crippen LogP contribution in [0.25, 0.3) is 0 Å². The van der Waals surface area contributed by atoms with E-state index in [1.807, 2.05) is 16.7 Å². The van der Waals surface area contributed by atoms with Crippen LogP contribution >= 0.6 is 34.7 Å². The van der Waals surface area contributed by atoms with Gasteiger partial charge in [0.1, 0.15) is 17.4 Å². The normalized spacial score (nSPS) is 14.7. The van der Waals surface area contributed by atoms with E-state index in [0.717, 1.165) is 29.7 Å². The molecule has 1 N–H and O–H groups in total. The summed E-state index contributed by atoms with van der Waals surface area (Å²) < 4.78 is 12.6. The molecule has 0 fully saturated rings. The molecule has 11 heteroatoms. The molecule has 1 unspecified atom stereocenters. The number of carbonyl (C=O) groups excluding carboxylic acids is 2. The number of fused-ring (bicyclic) bond motifs is 1. The summed E-state index contributed by atoms with van der Waals surface area (Å²) in [4.78, 5) is 26.5. The molecule has 0 saturated carbocycles. The number of nitrogens with zero attached hydrogens (tertiary/aromatic N) is 3. The molecular weight excluding hydrogens is 520 g/mol. The molecule has 0 radical (unpaired) electrons. The molecule has 1 aromatic carbocycles. The van der Waals surface area contributed by atoms with E-state index >= 15 is 0 Å². The zero-order valence-electron chi connectivity index (χ0n) is 20.1. The maximum atomic E-state index is 12.9. The molecule has 2 heterocycles. The van der Waals surface area contributed by atoms with Gasteiger partial charge in [-0.25, -0.2) is 4.79 Å². The maximum Gasteiger partial charge on any atom is 0.341 e. The van der Waals surface area contributed by atoms with Gasteiger partial charge >= 0.3 is 5.97 Å². The van der Waals surface area contributed by atoms with Crippen molar-refractivity contribution in [2.45, 2.75) is 44.5 Å². The number of anilines is 1. The fraction of sp³-hybridized carbons (Fsp3) is 0.360. The highest BCUT2D eigenvalue weighted by Crippen LogP contribution is 2.40. The number of allylic oxidation sites excluding steroid dienone is 1. The standard InChI is InChI=1S/C25H27ClN4O4S2/c1-4-11-30-20(13-34-18-8-6-5-7-17(18)26)28-29-25(30)35-14-21(31)27-23-22(24(32)33-3)16-10-9-15(2)12-19(16)36-23/h4-8,15H,1,9-14H2,2-3H3,(H,27,31). The van der Waals surface area contributed by atoms with E-state index in [1.54, 1.807) is 18.2 Å². The van der Waals surface area contributed by atoms with Gasteiger partial charge in [-0.15, -0.1) is 28.1 Å². The second-order valence-electron chi connectivity index (χ2n) is 8.40. The van der Waals surface area contributed by atoms with Crippen LogP contribution in [0.15, 0.2) is 42.1 Å². The van der Waals surface area contributed by atoms with Gasteiger partial charge in [0, 0.05) is 11.4 Å². The van der Waals surface area contributed by atoms with Crippen LogP contribution in [0.3, 0.4) is 0 Å². The van der Waals surface area contributed by atoms with Crippen molar-refractivity contribution < 1.29 is 19.1 Å². The molecule has 8 nitrogen and oxygen atoms in total. The number of amides is 1. The molecule has 3 aromatic rings. The average molecular weight is 547 g/mol. The van der Waals surface area contributed by atoms with Gasteiger partial charge in [-0.1, -0.05) is 48.5 Å². The lowest BCUT2D eigenvalue weighted by molar-refractivity contribution is -0.113. The Morgan fingerprint density at radius 3 is 2.92 bits per heavy atom. The van der Waals surface area contributed by atoms with Crippen LogP contribution in [0.4, 0.5) is 5.00 Å². The lowest BCUT2D eigenvalue weighted by Crippen LogP contribution is -2.17. The minimum atomic E-state index is -0.418. The molecule has 0 spiro atoms. The van der Waals surface area contributed by atoms with E-state index in [4.69, 9.17) is 21.1 Å². The van der Waals surface area contributed by atoms with Crippen LogP contribution in [0.1, 0.15) is 40.0 Å². The number of hydrogen-bond acceptors (Lipinski definition) is 8. The first kappa shape index (κ1) is 26.2. The van der Waals surface area contributed by atoms with Gasteiger partial charge in [-0.3, -0.25) is 9.36 Å². The van der Waals surface area contributed by atoms with Crippen LogP contribution in [-0.4, -0.2) is 39.5 Å². The van der Waals surface area contributed by atoms with Gasteiger partial charge in [0.2, 0.25) is 5.91 Å². The lowest BCUT2D eigenvalue weighted by atomic mass is 9.88. The molecule has 36 heavy (non-hydrogen) atoms. The monoisotopic (exact) mass is 546 g/mol. The molecule has 0 aliphatic heterocycles. The first-order valence-corrected chi connectivity index (χ1v) is 13.6. The maximum absolute atomic E-state index is 12.9. The topological polar surface area (TPSA) is 95.3 Å². The predicted octanol–water partition coefficient (Wildman–Crippen LogP) is 5.40. The number of thioether (sulfide) groups is 1. The fourth-order valence-corrected chi connectivity index (χ4v) is 6.37. The largest absolute Gasteiger partial charge is 0.484 e. The van der Waals surface area contributed by atoms with E-state index < -0.39 is 5.97 Å². The van der Waals surface area contributed by atoms with Crippen molar-refractivity contribution in [2.24, 2.45) is 5.92 Å². The summed E-state index contributed by atoms with van der Waals surface area (Å²) >= 11 is 8.88. The number of benzene rings is 1. The quantitative estimate of drug-likeness (QED) is 0.207. The predicted molar refractivity (Wildman–Crippen MR) is 142 cm³/mol. The number of methoxy groups -OCH3 is 1. The SMILES string of the molecule is C=CCn1c(COc2ccccc2Cl)nnc1SCC(=O)Nc1sc2c(c1C(=O)OC)CCC(C)C2. The van der Waals surface area contributed by atoms with Crippen molar-refractivity contribution in [3.8, 4) is 5.75 Å². The molecule has 1 atom stereocenters. The summed E-state index contributed by atoms with van der Waals surface area (Å²) in [5.41, 5.74) is 1.48. The number of aromatic nitrogens is 3. The second-order valence-corrected chi connectivity index (χ2v) is 10.9. The van der Waals surface area contributed by atoms with Crippen LogP contribution in [0.2, 0.25) is 5.02 Å². The molecule has 1 aliphatic carbocycles. The van der Waals surface area contributed by atoms with Gasteiger partial charge < -0.3 is 14.8 Å². The molecule has 1 amide bonds. The van der Waals surface area contributed by atoms with Crippen LogP contribution in [-0.2, 0) is 35.5 Å². The zero-order chi connectivity index (χ0) is 25.7. The first-order valence-electron chi connectivity index (χ1n) is 11.5. The average Bonchev–Trinajstić information content (AvgIpc) is 3.41. The number of carbonyl (C=O) groups is 2. The third-order valence-electron chi connectivity index (χ3n) is 5.79. The Kier molecular flexibility index (Phi) is 8.71. The third kappa shape index (κ3) is 5.93. The molecule has 190 valence electrons. The highest BCUT2D eigenvalue weighted by Gasteiger charge is 2.29. The molecule has 2 aromatic heterocycles. The van der Waals surface area contributed by atoms with E-state index in [2.05, 4.69) is 29.0 Å². The molecule has 0 bridgehead atoms. The molecule has 4 rings (SSSR count). The number of thiophene rings is 1. The van der Waals surface area contributed by atoms with Crippen molar-refractivity contribution in [3.05, 3.63) is 63.8 Å². The van der Waals surface area contributed by atoms with Crippen molar-refractivity contribution in [2.75, 3.05) is 18.2 Å². The number of nitrogens with one attached hydrogen (secondary N) is 1. The van der Waals surface area contributed by atoms with Crippen LogP contribution < -0.4 is 10.1 Å². The van der Waals surface area contributed by atoms with Gasteiger partial charge in [0.15, 0.2) is 11.0 Å². The Bertz CT molecular complexity index is 1270. The van der Waals surface area contributed by atoms with Crippen LogP contribution in [0, 0.1) is 5.92 Å². The van der Waals surface area contributed by atoms with Crippen molar-refractivity contribution >= 4 is 51.6 Å². The number of hydrogen-bond donors (Lipinski definition) is 1. The van der Waals surface area contributed by atoms with E-state index in [9.17, 15) is 9.59 Å². The zero-order valence-corrected chi connectivity index (χ0v) is 22.5. The van der Waals surface area contributed by atoms with E-state index in [-0.39, 0.29) is 18.3 Å². The smallest absolute Gasteiger partial charge is 0.341 e. The van der Waals surface area contributed by atoms with E-state index in [1.165, 1.54) is 30.2 Å². The Hall–Kier alpha value is -2.82. The summed E-state index contributed by atoms with van der Waals surface area (Å²) in [6.45, 7) is 6.62. The summed E-state index contributed by atoms with van der Waals surface area (Å²) in [6.07, 6.45) is 4.45. The number of rotatable bonds is 10. The Morgan fingerprint density at radius 1 is 1.36 bits per heavy atom. The molecule has 0 saturated heterocycles. The summed E-state index contributed by atoms with van der Waals surface area (Å²) in [5, 5.41) is 13.0. The van der Waals surface area contributed by atoms with Gasteiger partial charge in [0.25, 0.3) is 0 Å². The summed E-state index contributed by atoms with van der Waals surface area (Å²) in [5.74, 6) is 1.13. The van der Waals surface area contributed by atoms with Crippen molar-refractivity contribution in [1.82, 2.24) is 14.8 Å². The van der Waals surface area contributed by atoms with Gasteiger partial charge in [-0.2, -0.15) is 0 Å². The highest BCUT2D eigenvalue weighted by atomic mass is 35.5. The molecular formula is C25H27ClN4O4S2. The Morgan fingerprint density at radius 2 is 2.17 bits per heavy atom. The number of halogens is 1. The van der Waals surface area contributed by atoms with Crippen molar-refractivity contribution in [3.63, 3.8) is 0 Å². The minimum Gasteiger partial charge on any atom is -0.484 e. The van der Waals surface area contributed by atoms with Crippen molar-refractivity contribution in [1.29, 1.82) is 0 Å². The number of ether oxygens (including phenoxy) is 2. The first-order chi connectivity index (χ1) is 17.4. The number of para-hydroxylation sites is 1. The number of esters is 1. The summed E-state index contributed by atoms with van der Waals surface area (Å²) in [7, 11) is 1.36. The summed E-state index contributed by atoms with van der Waals surface area (Å²) in [6, 6.07) is 7.20. The Balaban J connectivity index is 1.43. The van der Waals surface area contributed by atoms with Gasteiger partial charge in [0.05, 0.1) is 23.4 Å². The van der Waals surface area contributed by atoms with E-state index in [0.29, 0.717) is 44.8 Å². The second kappa shape index (κ2) is 11.9.